The SMILES string of the molecule is CC(NC(=O)OCCO)c1nncn1C. The number of ether oxygens (including phenoxy) is 1. The zero-order valence-electron chi connectivity index (χ0n) is 8.67. The lowest BCUT2D eigenvalue weighted by molar-refractivity contribution is 0.116. The van der Waals surface area contributed by atoms with E-state index in [0.29, 0.717) is 5.82 Å². The molecule has 1 aromatic heterocycles. The summed E-state index contributed by atoms with van der Waals surface area (Å²) < 4.78 is 6.35. The molecule has 1 atom stereocenters. The molecule has 1 aromatic rings. The van der Waals surface area contributed by atoms with E-state index >= 15 is 0 Å². The number of nitrogens with zero attached hydrogens (tertiary/aromatic N) is 3. The summed E-state index contributed by atoms with van der Waals surface area (Å²) in [6, 6.07) is -0.288. The number of amides is 1. The van der Waals surface area contributed by atoms with Crippen LogP contribution in [0.4, 0.5) is 4.79 Å². The molecule has 0 aliphatic carbocycles. The Morgan fingerprint density at radius 3 is 3.07 bits per heavy atom. The van der Waals surface area contributed by atoms with E-state index < -0.39 is 6.09 Å². The summed E-state index contributed by atoms with van der Waals surface area (Å²) in [4.78, 5) is 11.1. The van der Waals surface area contributed by atoms with E-state index in [4.69, 9.17) is 5.11 Å². The number of alkyl carbamates (subject to hydrolysis) is 1. The molecule has 7 nitrogen and oxygen atoms in total. The summed E-state index contributed by atoms with van der Waals surface area (Å²) in [7, 11) is 1.78. The topological polar surface area (TPSA) is 89.3 Å². The molecule has 0 spiro atoms. The molecular formula is C8H14N4O3. The van der Waals surface area contributed by atoms with E-state index in [1.54, 1.807) is 24.9 Å². The molecule has 0 saturated carbocycles. The second kappa shape index (κ2) is 5.30. The number of aromatic nitrogens is 3. The average Bonchev–Trinajstić information content (AvgIpc) is 2.61. The van der Waals surface area contributed by atoms with Gasteiger partial charge in [0, 0.05) is 7.05 Å². The normalized spacial score (nSPS) is 12.2. The number of hydrogen-bond acceptors (Lipinski definition) is 5. The summed E-state index contributed by atoms with van der Waals surface area (Å²) >= 11 is 0. The Hall–Kier alpha value is -1.63. The number of aliphatic hydroxyl groups excluding tert-OH is 1. The van der Waals surface area contributed by atoms with Crippen LogP contribution < -0.4 is 5.32 Å². The Kier molecular flexibility index (Phi) is 4.04. The minimum atomic E-state index is -0.584. The van der Waals surface area contributed by atoms with Crippen LogP contribution in [0.1, 0.15) is 18.8 Å². The number of nitrogens with one attached hydrogen (secondary N) is 1. The van der Waals surface area contributed by atoms with Gasteiger partial charge in [0.15, 0.2) is 5.82 Å². The highest BCUT2D eigenvalue weighted by Crippen LogP contribution is 2.06. The number of hydrogen-bond donors (Lipinski definition) is 2. The second-order valence-electron chi connectivity index (χ2n) is 3.03. The molecule has 7 heteroatoms. The number of aryl methyl sites for hydroxylation is 1. The Labute approximate surface area is 87.1 Å². The highest BCUT2D eigenvalue weighted by Gasteiger charge is 2.14. The maximum absolute atomic E-state index is 11.1. The quantitative estimate of drug-likeness (QED) is 0.711. The van der Waals surface area contributed by atoms with Crippen molar-refractivity contribution in [1.82, 2.24) is 20.1 Å². The first kappa shape index (κ1) is 11.4. The van der Waals surface area contributed by atoms with Gasteiger partial charge < -0.3 is 19.7 Å². The lowest BCUT2D eigenvalue weighted by Gasteiger charge is -2.12. The molecule has 1 rings (SSSR count). The third kappa shape index (κ3) is 3.21. The fourth-order valence-electron chi connectivity index (χ4n) is 1.11. The minimum Gasteiger partial charge on any atom is -0.447 e. The first-order valence-corrected chi connectivity index (χ1v) is 4.53. The monoisotopic (exact) mass is 214 g/mol. The molecule has 0 saturated heterocycles. The van der Waals surface area contributed by atoms with Crippen molar-refractivity contribution < 1.29 is 14.6 Å². The van der Waals surface area contributed by atoms with Gasteiger partial charge in [0.2, 0.25) is 0 Å². The van der Waals surface area contributed by atoms with Gasteiger partial charge in [0.1, 0.15) is 12.9 Å². The lowest BCUT2D eigenvalue weighted by atomic mass is 10.3. The molecule has 1 unspecified atom stereocenters. The third-order valence-corrected chi connectivity index (χ3v) is 1.79. The third-order valence-electron chi connectivity index (χ3n) is 1.79. The van der Waals surface area contributed by atoms with Gasteiger partial charge in [0.05, 0.1) is 12.6 Å². The lowest BCUT2D eigenvalue weighted by Crippen LogP contribution is -2.29. The van der Waals surface area contributed by atoms with Crippen LogP contribution in [0.3, 0.4) is 0 Å². The smallest absolute Gasteiger partial charge is 0.407 e. The molecule has 0 aliphatic rings. The summed E-state index contributed by atoms with van der Waals surface area (Å²) in [6.07, 6.45) is 0.964. The summed E-state index contributed by atoms with van der Waals surface area (Å²) in [5.74, 6) is 0.635. The highest BCUT2D eigenvalue weighted by atomic mass is 16.6. The average molecular weight is 214 g/mol. The van der Waals surface area contributed by atoms with E-state index in [1.807, 2.05) is 0 Å². The maximum Gasteiger partial charge on any atom is 0.407 e. The van der Waals surface area contributed by atoms with Crippen LogP contribution in [0.2, 0.25) is 0 Å². The number of aliphatic hydroxyl groups is 1. The van der Waals surface area contributed by atoms with Crippen molar-refractivity contribution in [3.63, 3.8) is 0 Å². The summed E-state index contributed by atoms with van der Waals surface area (Å²) in [5.41, 5.74) is 0. The molecule has 84 valence electrons. The number of rotatable bonds is 4. The standard InChI is InChI=1S/C8H14N4O3/c1-6(7-11-9-5-12(7)2)10-8(14)15-4-3-13/h5-6,13H,3-4H2,1-2H3,(H,10,14). The van der Waals surface area contributed by atoms with Crippen LogP contribution >= 0.6 is 0 Å². The van der Waals surface area contributed by atoms with Crippen LogP contribution in [0.15, 0.2) is 6.33 Å². The first-order chi connectivity index (χ1) is 7.15. The highest BCUT2D eigenvalue weighted by molar-refractivity contribution is 5.67. The van der Waals surface area contributed by atoms with Gasteiger partial charge in [0.25, 0.3) is 0 Å². The molecule has 0 aliphatic heterocycles. The fourth-order valence-corrected chi connectivity index (χ4v) is 1.11. The van der Waals surface area contributed by atoms with Gasteiger partial charge in [-0.05, 0) is 6.92 Å². The van der Waals surface area contributed by atoms with Crippen molar-refractivity contribution >= 4 is 6.09 Å². The van der Waals surface area contributed by atoms with Crippen molar-refractivity contribution in [3.05, 3.63) is 12.2 Å². The molecule has 2 N–H and O–H groups in total. The Balaban J connectivity index is 2.45. The van der Waals surface area contributed by atoms with Gasteiger partial charge in [-0.2, -0.15) is 0 Å². The van der Waals surface area contributed by atoms with Crippen LogP contribution in [-0.2, 0) is 11.8 Å². The molecule has 0 fully saturated rings. The van der Waals surface area contributed by atoms with Crippen molar-refractivity contribution in [2.45, 2.75) is 13.0 Å². The van der Waals surface area contributed by atoms with Crippen molar-refractivity contribution in [2.75, 3.05) is 13.2 Å². The molecule has 1 heterocycles. The van der Waals surface area contributed by atoms with Gasteiger partial charge >= 0.3 is 6.09 Å². The Morgan fingerprint density at radius 1 is 1.80 bits per heavy atom. The Bertz CT molecular complexity index is 325. The van der Waals surface area contributed by atoms with Crippen LogP contribution in [0.5, 0.6) is 0 Å². The van der Waals surface area contributed by atoms with E-state index in [1.165, 1.54) is 0 Å². The largest absolute Gasteiger partial charge is 0.447 e. The molecule has 15 heavy (non-hydrogen) atoms. The maximum atomic E-state index is 11.1. The predicted molar refractivity (Wildman–Crippen MR) is 51.0 cm³/mol. The number of carbonyl (C=O) groups is 1. The van der Waals surface area contributed by atoms with E-state index in [9.17, 15) is 4.79 Å². The zero-order valence-corrected chi connectivity index (χ0v) is 8.67. The summed E-state index contributed by atoms with van der Waals surface area (Å²) in [6.45, 7) is 1.56. The van der Waals surface area contributed by atoms with Crippen molar-refractivity contribution in [3.8, 4) is 0 Å². The van der Waals surface area contributed by atoms with Crippen molar-refractivity contribution in [2.24, 2.45) is 7.05 Å². The minimum absolute atomic E-state index is 0.0165. The summed E-state index contributed by atoms with van der Waals surface area (Å²) in [5, 5.41) is 18.5. The second-order valence-corrected chi connectivity index (χ2v) is 3.03. The Morgan fingerprint density at radius 2 is 2.53 bits per heavy atom. The molecule has 0 bridgehead atoms. The van der Waals surface area contributed by atoms with Gasteiger partial charge in [-0.3, -0.25) is 0 Å². The molecular weight excluding hydrogens is 200 g/mol. The molecule has 0 aromatic carbocycles. The van der Waals surface area contributed by atoms with Gasteiger partial charge in [-0.15, -0.1) is 10.2 Å². The fraction of sp³-hybridized carbons (Fsp3) is 0.625. The van der Waals surface area contributed by atoms with E-state index in [-0.39, 0.29) is 19.3 Å². The van der Waals surface area contributed by atoms with Crippen LogP contribution in [0.25, 0.3) is 0 Å². The first-order valence-electron chi connectivity index (χ1n) is 4.53. The van der Waals surface area contributed by atoms with E-state index in [0.717, 1.165) is 0 Å². The molecule has 1 amide bonds. The van der Waals surface area contributed by atoms with Gasteiger partial charge in [-0.1, -0.05) is 0 Å². The zero-order chi connectivity index (χ0) is 11.3. The molecule has 0 radical (unpaired) electrons. The van der Waals surface area contributed by atoms with Crippen molar-refractivity contribution in [1.29, 1.82) is 0 Å². The van der Waals surface area contributed by atoms with E-state index in [2.05, 4.69) is 20.3 Å². The van der Waals surface area contributed by atoms with Crippen LogP contribution in [0, 0.1) is 0 Å². The number of carbonyl (C=O) groups excluding carboxylic acids is 1. The van der Waals surface area contributed by atoms with Crippen LogP contribution in [-0.4, -0.2) is 39.2 Å². The van der Waals surface area contributed by atoms with Gasteiger partial charge in [-0.25, -0.2) is 4.79 Å². The predicted octanol–water partition coefficient (Wildman–Crippen LogP) is -0.405.